The van der Waals surface area contributed by atoms with Crippen LogP contribution >= 0.6 is 0 Å². The van der Waals surface area contributed by atoms with E-state index in [1.165, 1.54) is 12.1 Å². The van der Waals surface area contributed by atoms with Gasteiger partial charge in [0.05, 0.1) is 12.2 Å². The van der Waals surface area contributed by atoms with E-state index in [-0.39, 0.29) is 29.5 Å². The summed E-state index contributed by atoms with van der Waals surface area (Å²) in [6.07, 6.45) is 5.28. The van der Waals surface area contributed by atoms with E-state index >= 15 is 0 Å². The molecule has 4 aromatic rings. The molecule has 1 saturated carbocycles. The molecule has 1 aliphatic rings. The lowest BCUT2D eigenvalue weighted by atomic mass is 10.1. The van der Waals surface area contributed by atoms with E-state index in [2.05, 4.69) is 25.4 Å². The molecule has 0 amide bonds. The Balaban J connectivity index is 1.61. The van der Waals surface area contributed by atoms with Crippen molar-refractivity contribution in [3.05, 3.63) is 74.8 Å². The molecule has 1 fully saturated rings. The van der Waals surface area contributed by atoms with Gasteiger partial charge in [0, 0.05) is 17.3 Å². The van der Waals surface area contributed by atoms with Gasteiger partial charge in [0.15, 0.2) is 11.1 Å². The molecular formula is C21H20FN7O2. The van der Waals surface area contributed by atoms with Crippen molar-refractivity contribution in [1.29, 1.82) is 0 Å². The second-order valence-electron chi connectivity index (χ2n) is 7.60. The van der Waals surface area contributed by atoms with Crippen molar-refractivity contribution in [3.8, 4) is 5.88 Å². The van der Waals surface area contributed by atoms with Gasteiger partial charge in [-0.05, 0) is 43.5 Å². The topological polar surface area (TPSA) is 123 Å². The highest BCUT2D eigenvalue weighted by molar-refractivity contribution is 5.58. The summed E-state index contributed by atoms with van der Waals surface area (Å²) in [7, 11) is 0. The molecule has 10 heteroatoms. The molecule has 0 aliphatic heterocycles. The molecular weight excluding hydrogens is 401 g/mol. The van der Waals surface area contributed by atoms with Crippen LogP contribution in [0.3, 0.4) is 0 Å². The second kappa shape index (κ2) is 7.38. The second-order valence-corrected chi connectivity index (χ2v) is 7.60. The lowest BCUT2D eigenvalue weighted by Gasteiger charge is -2.15. The normalized spacial score (nSPS) is 16.2. The van der Waals surface area contributed by atoms with Crippen molar-refractivity contribution >= 4 is 17.5 Å². The SMILES string of the molecule is C[C@H](Nc1cc(=NC2CC2)n2ncc(=Cc3[nH]c(=O)[nH]c3O)c2n1)c1ccc(F)cc1. The quantitative estimate of drug-likeness (QED) is 0.388. The van der Waals surface area contributed by atoms with Gasteiger partial charge < -0.3 is 15.4 Å². The number of hydrogen-bond donors (Lipinski definition) is 4. The fourth-order valence-corrected chi connectivity index (χ4v) is 3.33. The monoisotopic (exact) mass is 421 g/mol. The number of H-pyrrole nitrogens is 2. The van der Waals surface area contributed by atoms with Crippen molar-refractivity contribution in [2.45, 2.75) is 31.8 Å². The van der Waals surface area contributed by atoms with Crippen molar-refractivity contribution < 1.29 is 9.50 Å². The fourth-order valence-electron chi connectivity index (χ4n) is 3.33. The summed E-state index contributed by atoms with van der Waals surface area (Å²) in [6, 6.07) is 8.28. The van der Waals surface area contributed by atoms with E-state index in [0.717, 1.165) is 18.4 Å². The van der Waals surface area contributed by atoms with Crippen LogP contribution in [0.15, 0.2) is 46.3 Å². The molecule has 0 saturated heterocycles. The molecule has 5 rings (SSSR count). The molecule has 9 nitrogen and oxygen atoms in total. The predicted molar refractivity (Wildman–Crippen MR) is 112 cm³/mol. The third-order valence-electron chi connectivity index (χ3n) is 5.11. The minimum Gasteiger partial charge on any atom is -0.493 e. The maximum atomic E-state index is 13.2. The van der Waals surface area contributed by atoms with Gasteiger partial charge in [0.1, 0.15) is 17.3 Å². The number of nitrogens with one attached hydrogen (secondary N) is 3. The smallest absolute Gasteiger partial charge is 0.326 e. The summed E-state index contributed by atoms with van der Waals surface area (Å²) < 4.78 is 14.9. The standard InChI is InChI=1S/C21H20FN7O2/c1-11(12-2-4-14(22)5-3-12)24-17-9-18(25-15-6-7-15)29-19(27-17)13(10-23-29)8-16-20(30)28-21(31)26-16/h2-5,8-11,15,24,30H,6-7H2,1H3,(H2,26,28,31)/t11-/m0/s1. The third kappa shape index (κ3) is 3.91. The Morgan fingerprint density at radius 3 is 2.77 bits per heavy atom. The number of fused-ring (bicyclic) bond motifs is 1. The first kappa shape index (κ1) is 19.0. The average molecular weight is 421 g/mol. The number of rotatable bonds is 5. The van der Waals surface area contributed by atoms with Gasteiger partial charge in [-0.25, -0.2) is 14.2 Å². The summed E-state index contributed by atoms with van der Waals surface area (Å²) in [5.41, 5.74) is 1.83. The number of hydrogen-bond acceptors (Lipinski definition) is 6. The van der Waals surface area contributed by atoms with Crippen molar-refractivity contribution in [2.75, 3.05) is 5.32 Å². The summed E-state index contributed by atoms with van der Waals surface area (Å²) in [4.78, 5) is 25.7. The van der Waals surface area contributed by atoms with Gasteiger partial charge in [0.25, 0.3) is 0 Å². The number of nitrogens with zero attached hydrogens (tertiary/aromatic N) is 4. The molecule has 31 heavy (non-hydrogen) atoms. The number of aromatic hydroxyl groups is 1. The van der Waals surface area contributed by atoms with Crippen LogP contribution in [0.5, 0.6) is 5.88 Å². The van der Waals surface area contributed by atoms with E-state index < -0.39 is 5.69 Å². The first-order valence-corrected chi connectivity index (χ1v) is 9.94. The highest BCUT2D eigenvalue weighted by Gasteiger charge is 2.20. The number of imidazole rings is 1. The van der Waals surface area contributed by atoms with Crippen LogP contribution in [0.2, 0.25) is 0 Å². The Bertz CT molecular complexity index is 1430. The number of benzene rings is 1. The largest absolute Gasteiger partial charge is 0.493 e. The number of anilines is 1. The summed E-state index contributed by atoms with van der Waals surface area (Å²) in [5, 5.41) is 18.2. The van der Waals surface area contributed by atoms with Crippen LogP contribution < -0.4 is 21.7 Å². The Morgan fingerprint density at radius 2 is 2.10 bits per heavy atom. The lowest BCUT2D eigenvalue weighted by molar-refractivity contribution is 0.454. The summed E-state index contributed by atoms with van der Waals surface area (Å²) in [5.74, 6) is 0.0450. The zero-order valence-electron chi connectivity index (χ0n) is 16.6. The van der Waals surface area contributed by atoms with Gasteiger partial charge in [-0.2, -0.15) is 9.61 Å². The van der Waals surface area contributed by atoms with Crippen molar-refractivity contribution in [1.82, 2.24) is 24.6 Å². The Morgan fingerprint density at radius 1 is 1.32 bits per heavy atom. The Hall–Kier alpha value is -3.95. The van der Waals surface area contributed by atoms with Crippen LogP contribution in [-0.2, 0) is 0 Å². The molecule has 3 aromatic heterocycles. The Labute approximate surface area is 175 Å². The van der Waals surface area contributed by atoms with Crippen LogP contribution in [0.25, 0.3) is 11.7 Å². The average Bonchev–Trinajstić information content (AvgIpc) is 3.37. The fraction of sp³-hybridized carbons (Fsp3) is 0.238. The van der Waals surface area contributed by atoms with Crippen LogP contribution in [0, 0.1) is 5.82 Å². The van der Waals surface area contributed by atoms with E-state index in [1.54, 1.807) is 28.9 Å². The van der Waals surface area contributed by atoms with E-state index in [9.17, 15) is 14.3 Å². The minimum atomic E-state index is -0.506. The zero-order valence-corrected chi connectivity index (χ0v) is 16.6. The number of aromatic amines is 2. The minimum absolute atomic E-state index is 0.121. The highest BCUT2D eigenvalue weighted by Crippen LogP contribution is 2.23. The lowest BCUT2D eigenvalue weighted by Crippen LogP contribution is -2.21. The maximum Gasteiger partial charge on any atom is 0.326 e. The first-order valence-electron chi connectivity index (χ1n) is 9.94. The van der Waals surface area contributed by atoms with Crippen LogP contribution in [0.4, 0.5) is 10.2 Å². The van der Waals surface area contributed by atoms with Gasteiger partial charge in [-0.3, -0.25) is 9.98 Å². The molecule has 0 radical (unpaired) electrons. The van der Waals surface area contributed by atoms with Gasteiger partial charge in [-0.1, -0.05) is 12.1 Å². The van der Waals surface area contributed by atoms with Gasteiger partial charge in [0.2, 0.25) is 5.88 Å². The molecule has 4 N–H and O–H groups in total. The molecule has 3 heterocycles. The van der Waals surface area contributed by atoms with Crippen LogP contribution in [-0.4, -0.2) is 35.7 Å². The van der Waals surface area contributed by atoms with Crippen molar-refractivity contribution in [2.24, 2.45) is 4.99 Å². The highest BCUT2D eigenvalue weighted by atomic mass is 19.1. The molecule has 0 unspecified atom stereocenters. The molecule has 1 aromatic carbocycles. The van der Waals surface area contributed by atoms with E-state index in [4.69, 9.17) is 4.99 Å². The molecule has 1 atom stereocenters. The van der Waals surface area contributed by atoms with Gasteiger partial charge >= 0.3 is 5.69 Å². The molecule has 1 aliphatic carbocycles. The summed E-state index contributed by atoms with van der Waals surface area (Å²) >= 11 is 0. The maximum absolute atomic E-state index is 13.2. The number of aromatic nitrogens is 5. The molecule has 0 spiro atoms. The molecule has 158 valence electrons. The van der Waals surface area contributed by atoms with E-state index in [1.807, 2.05) is 13.0 Å². The Kier molecular flexibility index (Phi) is 4.54. The van der Waals surface area contributed by atoms with E-state index in [0.29, 0.717) is 22.2 Å². The van der Waals surface area contributed by atoms with Crippen molar-refractivity contribution in [3.63, 3.8) is 0 Å². The zero-order chi connectivity index (χ0) is 21.5. The van der Waals surface area contributed by atoms with Crippen LogP contribution in [0.1, 0.15) is 37.1 Å². The number of halogens is 1. The predicted octanol–water partition coefficient (Wildman–Crippen LogP) is 1.37. The van der Waals surface area contributed by atoms with Gasteiger partial charge in [-0.15, -0.1) is 0 Å². The first-order chi connectivity index (χ1) is 15.0. The molecule has 0 bridgehead atoms. The summed E-state index contributed by atoms with van der Waals surface area (Å²) in [6.45, 7) is 1.96. The third-order valence-corrected chi connectivity index (χ3v) is 5.11.